The molecule has 0 saturated carbocycles. The fraction of sp³-hybridized carbons (Fsp3) is 0.222. The molecule has 0 bridgehead atoms. The average molecular weight is 322 g/mol. The van der Waals surface area contributed by atoms with Crippen molar-refractivity contribution in [3.8, 4) is 5.75 Å². The number of rotatable bonds is 4. The lowest BCUT2D eigenvalue weighted by atomic mass is 10.2. The molecule has 20 heavy (non-hydrogen) atoms. The van der Waals surface area contributed by atoms with Gasteiger partial charge in [-0.3, -0.25) is 14.1 Å². The van der Waals surface area contributed by atoms with Crippen molar-refractivity contribution in [2.45, 2.75) is 11.4 Å². The van der Waals surface area contributed by atoms with Gasteiger partial charge in [0, 0.05) is 18.7 Å². The lowest BCUT2D eigenvalue weighted by Gasteiger charge is -2.14. The van der Waals surface area contributed by atoms with Crippen LogP contribution < -0.4 is 0 Å². The Kier molecular flexibility index (Phi) is 3.61. The maximum Gasteiger partial charge on any atom is 0.346 e. The van der Waals surface area contributed by atoms with Crippen LogP contribution in [0.4, 0.5) is 0 Å². The molecule has 2 heterocycles. The Balaban J connectivity index is 2.47. The van der Waals surface area contributed by atoms with Crippen LogP contribution in [0.1, 0.15) is 5.56 Å². The summed E-state index contributed by atoms with van der Waals surface area (Å²) in [6.07, 6.45) is 1.81. The highest BCUT2D eigenvalue weighted by molar-refractivity contribution is 7.93. The van der Waals surface area contributed by atoms with Crippen LogP contribution in [0.2, 0.25) is 0 Å². The SMILES string of the molecule is O=P(O)(O)C(Cc1c[nH]c2cc(O)cnc12)S(=O)(=O)O. The first-order chi connectivity index (χ1) is 9.09. The Hall–Kier alpha value is -1.45. The highest BCUT2D eigenvalue weighted by atomic mass is 32.2. The first-order valence-corrected chi connectivity index (χ1v) is 8.44. The molecule has 0 spiro atoms. The van der Waals surface area contributed by atoms with Gasteiger partial charge in [0.25, 0.3) is 10.1 Å². The van der Waals surface area contributed by atoms with Gasteiger partial charge >= 0.3 is 7.60 Å². The zero-order valence-electron chi connectivity index (χ0n) is 9.83. The molecular formula is C9H11N2O7PS. The highest BCUT2D eigenvalue weighted by Gasteiger charge is 2.40. The van der Waals surface area contributed by atoms with Crippen LogP contribution in [-0.2, 0) is 21.1 Å². The van der Waals surface area contributed by atoms with E-state index in [1.54, 1.807) is 0 Å². The predicted octanol–water partition coefficient (Wildman–Crippen LogP) is 0.203. The summed E-state index contributed by atoms with van der Waals surface area (Å²) in [5.41, 5.74) is 0.829. The van der Waals surface area contributed by atoms with Crippen molar-refractivity contribution in [3.63, 3.8) is 0 Å². The van der Waals surface area contributed by atoms with E-state index in [4.69, 9.17) is 14.3 Å². The zero-order chi connectivity index (χ0) is 15.1. The molecule has 1 unspecified atom stereocenters. The van der Waals surface area contributed by atoms with Gasteiger partial charge < -0.3 is 19.9 Å². The molecule has 0 aliphatic carbocycles. The minimum absolute atomic E-state index is 0.118. The van der Waals surface area contributed by atoms with Gasteiger partial charge in [-0.05, 0) is 5.56 Å². The van der Waals surface area contributed by atoms with Gasteiger partial charge in [-0.25, -0.2) is 0 Å². The van der Waals surface area contributed by atoms with Gasteiger partial charge in [-0.15, -0.1) is 0 Å². The predicted molar refractivity (Wildman–Crippen MR) is 68.8 cm³/mol. The van der Waals surface area contributed by atoms with E-state index in [9.17, 15) is 18.1 Å². The standard InChI is InChI=1S/C9H11N2O7PS/c12-6-2-7-9(11-4-6)5(3-10-7)1-8(19(13,14)15)20(16,17)18/h2-4,8,10,12H,1H2,(H2,13,14,15)(H,16,17,18). The van der Waals surface area contributed by atoms with Gasteiger partial charge in [0.2, 0.25) is 0 Å². The van der Waals surface area contributed by atoms with Crippen LogP contribution in [0.5, 0.6) is 5.75 Å². The van der Waals surface area contributed by atoms with E-state index in [0.29, 0.717) is 5.52 Å². The van der Waals surface area contributed by atoms with E-state index in [1.165, 1.54) is 12.3 Å². The number of fused-ring (bicyclic) bond motifs is 1. The molecule has 2 aromatic heterocycles. The number of nitrogens with zero attached hydrogens (tertiary/aromatic N) is 1. The molecular weight excluding hydrogens is 311 g/mol. The van der Waals surface area contributed by atoms with E-state index in [-0.39, 0.29) is 16.8 Å². The minimum Gasteiger partial charge on any atom is -0.506 e. The summed E-state index contributed by atoms with van der Waals surface area (Å²) in [5, 5.41) is 9.24. The first kappa shape index (κ1) is 14.9. The third-order valence-electron chi connectivity index (χ3n) is 2.69. The van der Waals surface area contributed by atoms with E-state index in [1.807, 2.05) is 0 Å². The van der Waals surface area contributed by atoms with E-state index >= 15 is 0 Å². The Morgan fingerprint density at radius 3 is 2.60 bits per heavy atom. The van der Waals surface area contributed by atoms with Gasteiger partial charge in [-0.2, -0.15) is 8.42 Å². The van der Waals surface area contributed by atoms with Crippen LogP contribution in [0.15, 0.2) is 18.5 Å². The summed E-state index contributed by atoms with van der Waals surface area (Å²) in [6.45, 7) is 0. The molecule has 0 aliphatic rings. The second-order valence-electron chi connectivity index (χ2n) is 4.17. The van der Waals surface area contributed by atoms with Crippen LogP contribution >= 0.6 is 7.60 Å². The summed E-state index contributed by atoms with van der Waals surface area (Å²) in [5.74, 6) is -0.118. The molecule has 0 saturated heterocycles. The van der Waals surface area contributed by atoms with Crippen molar-refractivity contribution in [3.05, 3.63) is 24.0 Å². The Bertz CT molecular complexity index is 794. The Morgan fingerprint density at radius 2 is 2.05 bits per heavy atom. The third kappa shape index (κ3) is 3.00. The van der Waals surface area contributed by atoms with Gasteiger partial charge in [-0.1, -0.05) is 0 Å². The number of hydrogen-bond donors (Lipinski definition) is 5. The lowest BCUT2D eigenvalue weighted by Crippen LogP contribution is -2.23. The average Bonchev–Trinajstić information content (AvgIpc) is 2.64. The van der Waals surface area contributed by atoms with Crippen molar-refractivity contribution in [2.75, 3.05) is 0 Å². The Labute approximate surface area is 113 Å². The van der Waals surface area contributed by atoms with Crippen molar-refractivity contribution in [1.29, 1.82) is 0 Å². The Morgan fingerprint density at radius 1 is 1.40 bits per heavy atom. The number of aromatic amines is 1. The maximum atomic E-state index is 11.2. The quantitative estimate of drug-likeness (QED) is 0.394. The molecule has 0 aromatic carbocycles. The van der Waals surface area contributed by atoms with Crippen molar-refractivity contribution < 1.29 is 32.4 Å². The lowest BCUT2D eigenvalue weighted by molar-refractivity contribution is 0.363. The molecule has 5 N–H and O–H groups in total. The van der Waals surface area contributed by atoms with Crippen molar-refractivity contribution >= 4 is 28.7 Å². The molecule has 2 rings (SSSR count). The first-order valence-electron chi connectivity index (χ1n) is 5.25. The van der Waals surface area contributed by atoms with Gasteiger partial charge in [0.05, 0.1) is 17.2 Å². The van der Waals surface area contributed by atoms with Gasteiger partial charge in [0.1, 0.15) is 5.75 Å². The molecule has 0 aliphatic heterocycles. The molecule has 9 nitrogen and oxygen atoms in total. The summed E-state index contributed by atoms with van der Waals surface area (Å²) in [7, 11) is -9.98. The largest absolute Gasteiger partial charge is 0.506 e. The minimum atomic E-state index is -5.06. The number of pyridine rings is 1. The fourth-order valence-corrected chi connectivity index (χ4v) is 4.01. The molecule has 1 atom stereocenters. The van der Waals surface area contributed by atoms with E-state index in [0.717, 1.165) is 6.20 Å². The highest BCUT2D eigenvalue weighted by Crippen LogP contribution is 2.45. The third-order valence-corrected chi connectivity index (χ3v) is 6.10. The molecule has 0 radical (unpaired) electrons. The summed E-state index contributed by atoms with van der Waals surface area (Å²) < 4.78 is 42.3. The monoisotopic (exact) mass is 322 g/mol. The number of nitrogens with one attached hydrogen (secondary N) is 1. The molecule has 110 valence electrons. The zero-order valence-corrected chi connectivity index (χ0v) is 11.5. The summed E-state index contributed by atoms with van der Waals surface area (Å²) in [4.78, 5) is 22.3. The van der Waals surface area contributed by atoms with E-state index < -0.39 is 29.1 Å². The van der Waals surface area contributed by atoms with Crippen molar-refractivity contribution in [2.24, 2.45) is 0 Å². The van der Waals surface area contributed by atoms with Gasteiger partial charge in [0.15, 0.2) is 4.99 Å². The van der Waals surface area contributed by atoms with Crippen molar-refractivity contribution in [1.82, 2.24) is 9.97 Å². The number of aromatic nitrogens is 2. The molecule has 0 fully saturated rings. The maximum absolute atomic E-state index is 11.2. The normalized spacial score (nSPS) is 14.6. The van der Waals surface area contributed by atoms with Crippen LogP contribution in [-0.4, -0.2) is 42.8 Å². The van der Waals surface area contributed by atoms with Crippen LogP contribution in [0.25, 0.3) is 11.0 Å². The second-order valence-corrected chi connectivity index (χ2v) is 7.92. The number of aromatic hydroxyl groups is 1. The summed E-state index contributed by atoms with van der Waals surface area (Å²) in [6, 6.07) is 1.33. The molecule has 11 heteroatoms. The fourth-order valence-electron chi connectivity index (χ4n) is 1.79. The smallest absolute Gasteiger partial charge is 0.346 e. The van der Waals surface area contributed by atoms with Crippen LogP contribution in [0.3, 0.4) is 0 Å². The van der Waals surface area contributed by atoms with E-state index in [2.05, 4.69) is 9.97 Å². The summed E-state index contributed by atoms with van der Waals surface area (Å²) >= 11 is 0. The number of H-pyrrole nitrogens is 1. The molecule has 0 amide bonds. The second kappa shape index (κ2) is 4.83. The number of hydrogen-bond acceptors (Lipinski definition) is 5. The van der Waals surface area contributed by atoms with Crippen LogP contribution in [0, 0.1) is 0 Å². The molecule has 2 aromatic rings. The topological polar surface area (TPSA) is 161 Å².